The van der Waals surface area contributed by atoms with E-state index in [0.29, 0.717) is 0 Å². The van der Waals surface area contributed by atoms with Crippen molar-refractivity contribution in [2.24, 2.45) is 5.73 Å². The molecule has 19 heavy (non-hydrogen) atoms. The van der Waals surface area contributed by atoms with Crippen molar-refractivity contribution in [3.63, 3.8) is 0 Å². The Kier molecular flexibility index (Phi) is 5.00. The van der Waals surface area contributed by atoms with Gasteiger partial charge in [-0.25, -0.2) is 0 Å². The predicted molar refractivity (Wildman–Crippen MR) is 82.2 cm³/mol. The molecule has 0 unspecified atom stereocenters. The van der Waals surface area contributed by atoms with Gasteiger partial charge in [-0.05, 0) is 36.9 Å². The minimum atomic E-state index is 0.262. The molecule has 0 atom stereocenters. The first-order valence-electron chi connectivity index (χ1n) is 7.77. The number of likely N-dealkylation sites (N-methyl/N-ethyl adjacent to an activating group) is 1. The molecule has 2 N–H and O–H groups in total. The average Bonchev–Trinajstić information content (AvgIpc) is 2.95. The van der Waals surface area contributed by atoms with Crippen molar-refractivity contribution >= 4 is 0 Å². The van der Waals surface area contributed by atoms with Crippen molar-refractivity contribution in [2.45, 2.75) is 58.0 Å². The molecule has 0 heterocycles. The Morgan fingerprint density at radius 1 is 1.05 bits per heavy atom. The van der Waals surface area contributed by atoms with Crippen LogP contribution in [0.4, 0.5) is 0 Å². The molecule has 0 bridgehead atoms. The van der Waals surface area contributed by atoms with Crippen molar-refractivity contribution in [1.29, 1.82) is 0 Å². The van der Waals surface area contributed by atoms with Gasteiger partial charge in [-0.15, -0.1) is 0 Å². The molecule has 2 rings (SSSR count). The standard InChI is InChI=1S/C17H28N2/c1-3-15-7-9-16(10-8-15)13-19(4-2)17(14-18)11-5-6-12-17/h7-10H,3-6,11-14,18H2,1-2H3. The molecule has 1 aliphatic carbocycles. The van der Waals surface area contributed by atoms with Gasteiger partial charge < -0.3 is 5.73 Å². The van der Waals surface area contributed by atoms with Crippen LogP contribution >= 0.6 is 0 Å². The summed E-state index contributed by atoms with van der Waals surface area (Å²) in [6, 6.07) is 9.07. The van der Waals surface area contributed by atoms with E-state index in [4.69, 9.17) is 5.73 Å². The Labute approximate surface area is 118 Å². The zero-order chi connectivity index (χ0) is 13.7. The zero-order valence-electron chi connectivity index (χ0n) is 12.5. The van der Waals surface area contributed by atoms with Crippen molar-refractivity contribution in [3.05, 3.63) is 35.4 Å². The van der Waals surface area contributed by atoms with E-state index in [0.717, 1.165) is 26.1 Å². The quantitative estimate of drug-likeness (QED) is 0.850. The molecule has 1 fully saturated rings. The molecule has 1 aromatic carbocycles. The predicted octanol–water partition coefficient (Wildman–Crippen LogP) is 3.34. The average molecular weight is 260 g/mol. The largest absolute Gasteiger partial charge is 0.329 e. The molecule has 106 valence electrons. The normalized spacial score (nSPS) is 18.1. The van der Waals surface area contributed by atoms with Crippen molar-refractivity contribution in [1.82, 2.24) is 4.90 Å². The lowest BCUT2D eigenvalue weighted by Crippen LogP contribution is -2.51. The molecular formula is C17H28N2. The highest BCUT2D eigenvalue weighted by Gasteiger charge is 2.37. The molecule has 2 heteroatoms. The van der Waals surface area contributed by atoms with Crippen LogP contribution in [-0.4, -0.2) is 23.5 Å². The summed E-state index contributed by atoms with van der Waals surface area (Å²) < 4.78 is 0. The second-order valence-electron chi connectivity index (χ2n) is 5.82. The fourth-order valence-corrected chi connectivity index (χ4v) is 3.40. The van der Waals surface area contributed by atoms with E-state index in [1.54, 1.807) is 0 Å². The first-order valence-corrected chi connectivity index (χ1v) is 7.77. The van der Waals surface area contributed by atoms with Gasteiger partial charge in [0.1, 0.15) is 0 Å². The van der Waals surface area contributed by atoms with E-state index in [1.807, 2.05) is 0 Å². The maximum Gasteiger partial charge on any atom is 0.0335 e. The molecule has 0 aromatic heterocycles. The Morgan fingerprint density at radius 3 is 2.11 bits per heavy atom. The molecule has 0 amide bonds. The molecule has 0 saturated heterocycles. The topological polar surface area (TPSA) is 29.3 Å². The van der Waals surface area contributed by atoms with Gasteiger partial charge in [0.25, 0.3) is 0 Å². The summed E-state index contributed by atoms with van der Waals surface area (Å²) in [4.78, 5) is 2.60. The number of rotatable bonds is 6. The number of nitrogens with two attached hydrogens (primary N) is 1. The van der Waals surface area contributed by atoms with Gasteiger partial charge in [-0.3, -0.25) is 4.90 Å². The fourth-order valence-electron chi connectivity index (χ4n) is 3.40. The number of benzene rings is 1. The summed E-state index contributed by atoms with van der Waals surface area (Å²) in [6.07, 6.45) is 6.32. The van der Waals surface area contributed by atoms with Crippen molar-refractivity contribution in [2.75, 3.05) is 13.1 Å². The Morgan fingerprint density at radius 2 is 1.63 bits per heavy atom. The molecule has 0 radical (unpaired) electrons. The van der Waals surface area contributed by atoms with E-state index in [-0.39, 0.29) is 5.54 Å². The Hall–Kier alpha value is -0.860. The third kappa shape index (κ3) is 3.18. The zero-order valence-corrected chi connectivity index (χ0v) is 12.5. The lowest BCUT2D eigenvalue weighted by molar-refractivity contribution is 0.0971. The van der Waals surface area contributed by atoms with Crippen LogP contribution in [0.3, 0.4) is 0 Å². The third-order valence-corrected chi connectivity index (χ3v) is 4.77. The van der Waals surface area contributed by atoms with Crippen LogP contribution in [0.1, 0.15) is 50.7 Å². The van der Waals surface area contributed by atoms with E-state index in [9.17, 15) is 0 Å². The van der Waals surface area contributed by atoms with Gasteiger partial charge >= 0.3 is 0 Å². The third-order valence-electron chi connectivity index (χ3n) is 4.77. The van der Waals surface area contributed by atoms with Crippen molar-refractivity contribution < 1.29 is 0 Å². The van der Waals surface area contributed by atoms with Crippen LogP contribution in [0.2, 0.25) is 0 Å². The molecular weight excluding hydrogens is 232 g/mol. The first-order chi connectivity index (χ1) is 9.24. The first kappa shape index (κ1) is 14.5. The van der Waals surface area contributed by atoms with Gasteiger partial charge in [0.15, 0.2) is 0 Å². The van der Waals surface area contributed by atoms with Crippen LogP contribution in [-0.2, 0) is 13.0 Å². The molecule has 1 saturated carbocycles. The highest BCUT2D eigenvalue weighted by Crippen LogP contribution is 2.35. The Bertz CT molecular complexity index is 377. The van der Waals surface area contributed by atoms with Crippen molar-refractivity contribution in [3.8, 4) is 0 Å². The summed E-state index contributed by atoms with van der Waals surface area (Å²) in [6.45, 7) is 7.39. The summed E-state index contributed by atoms with van der Waals surface area (Å²) in [7, 11) is 0. The minimum absolute atomic E-state index is 0.262. The van der Waals surface area contributed by atoms with Crippen LogP contribution in [0.15, 0.2) is 24.3 Å². The summed E-state index contributed by atoms with van der Waals surface area (Å²) in [5.74, 6) is 0. The lowest BCUT2D eigenvalue weighted by Gasteiger charge is -2.40. The second kappa shape index (κ2) is 6.53. The van der Waals surface area contributed by atoms with Gasteiger partial charge in [0.05, 0.1) is 0 Å². The maximum absolute atomic E-state index is 6.10. The Balaban J connectivity index is 2.09. The minimum Gasteiger partial charge on any atom is -0.329 e. The van der Waals surface area contributed by atoms with E-state index < -0.39 is 0 Å². The molecule has 0 spiro atoms. The van der Waals surface area contributed by atoms with Crippen LogP contribution < -0.4 is 5.73 Å². The van der Waals surface area contributed by atoms with Crippen LogP contribution in [0, 0.1) is 0 Å². The van der Waals surface area contributed by atoms with E-state index in [2.05, 4.69) is 43.0 Å². The summed E-state index contributed by atoms with van der Waals surface area (Å²) in [5, 5.41) is 0. The second-order valence-corrected chi connectivity index (χ2v) is 5.82. The fraction of sp³-hybridized carbons (Fsp3) is 0.647. The van der Waals surface area contributed by atoms with E-state index >= 15 is 0 Å². The van der Waals surface area contributed by atoms with Gasteiger partial charge in [-0.1, -0.05) is 51.0 Å². The van der Waals surface area contributed by atoms with Crippen LogP contribution in [0.25, 0.3) is 0 Å². The molecule has 1 aliphatic rings. The highest BCUT2D eigenvalue weighted by atomic mass is 15.2. The van der Waals surface area contributed by atoms with Gasteiger partial charge in [0, 0.05) is 18.6 Å². The number of hydrogen-bond acceptors (Lipinski definition) is 2. The van der Waals surface area contributed by atoms with Gasteiger partial charge in [0.2, 0.25) is 0 Å². The number of aryl methyl sites for hydroxylation is 1. The molecule has 1 aromatic rings. The smallest absolute Gasteiger partial charge is 0.0335 e. The van der Waals surface area contributed by atoms with E-state index in [1.165, 1.54) is 36.8 Å². The summed E-state index contributed by atoms with van der Waals surface area (Å²) in [5.41, 5.74) is 9.20. The molecule has 2 nitrogen and oxygen atoms in total. The number of nitrogens with zero attached hydrogens (tertiary/aromatic N) is 1. The summed E-state index contributed by atoms with van der Waals surface area (Å²) >= 11 is 0. The molecule has 0 aliphatic heterocycles. The SMILES string of the molecule is CCc1ccc(CN(CC)C2(CN)CCCC2)cc1. The highest BCUT2D eigenvalue weighted by molar-refractivity contribution is 5.22. The van der Waals surface area contributed by atoms with Crippen LogP contribution in [0.5, 0.6) is 0 Å². The lowest BCUT2D eigenvalue weighted by atomic mass is 9.94. The maximum atomic E-state index is 6.10. The van der Waals surface area contributed by atoms with Gasteiger partial charge in [-0.2, -0.15) is 0 Å². The number of hydrogen-bond donors (Lipinski definition) is 1. The monoisotopic (exact) mass is 260 g/mol.